The van der Waals surface area contributed by atoms with Crippen LogP contribution in [0, 0.1) is 0 Å². The number of methoxy groups -OCH3 is 1. The highest BCUT2D eigenvalue weighted by Gasteiger charge is 2.09. The van der Waals surface area contributed by atoms with E-state index in [0.717, 1.165) is 0 Å². The third-order valence-electron chi connectivity index (χ3n) is 2.82. The smallest absolute Gasteiger partial charge is 0.189 e. The van der Waals surface area contributed by atoms with Crippen LogP contribution >= 0.6 is 0 Å². The zero-order valence-corrected chi connectivity index (χ0v) is 11.1. The second kappa shape index (κ2) is 6.48. The Kier molecular flexibility index (Phi) is 4.45. The van der Waals surface area contributed by atoms with Gasteiger partial charge in [0.1, 0.15) is 5.75 Å². The van der Waals surface area contributed by atoms with E-state index in [1.807, 2.05) is 6.07 Å². The molecular formula is C17H14O3. The molecule has 0 aliphatic heterocycles. The molecule has 0 radical (unpaired) electrons. The van der Waals surface area contributed by atoms with Crippen molar-refractivity contribution in [1.82, 2.24) is 0 Å². The predicted molar refractivity (Wildman–Crippen MR) is 77.2 cm³/mol. The molecular weight excluding hydrogens is 252 g/mol. The van der Waals surface area contributed by atoms with Gasteiger partial charge in [-0.25, -0.2) is 0 Å². The van der Waals surface area contributed by atoms with Gasteiger partial charge < -0.3 is 4.74 Å². The topological polar surface area (TPSA) is 43.4 Å². The fraction of sp³-hybridized carbons (Fsp3) is 0.0588. The summed E-state index contributed by atoms with van der Waals surface area (Å²) in [4.78, 5) is 23.9. The molecule has 0 spiro atoms. The van der Waals surface area contributed by atoms with E-state index < -0.39 is 0 Å². The van der Waals surface area contributed by atoms with Gasteiger partial charge in [-0.15, -0.1) is 0 Å². The monoisotopic (exact) mass is 266 g/mol. The zero-order chi connectivity index (χ0) is 14.4. The highest BCUT2D eigenvalue weighted by atomic mass is 16.5. The van der Waals surface area contributed by atoms with E-state index in [0.29, 0.717) is 16.9 Å². The lowest BCUT2D eigenvalue weighted by Crippen LogP contribution is -2.00. The van der Waals surface area contributed by atoms with Crippen LogP contribution in [0.25, 0.3) is 0 Å². The molecule has 20 heavy (non-hydrogen) atoms. The summed E-state index contributed by atoms with van der Waals surface area (Å²) in [6.45, 7) is 0. The van der Waals surface area contributed by atoms with E-state index in [1.165, 1.54) is 19.3 Å². The summed E-state index contributed by atoms with van der Waals surface area (Å²) in [6, 6.07) is 15.7. The molecule has 0 aliphatic carbocycles. The maximum absolute atomic E-state index is 12.0. The molecule has 2 aromatic rings. The molecule has 0 heterocycles. The number of carbonyl (C=O) groups is 2. The number of hydrogen-bond acceptors (Lipinski definition) is 3. The van der Waals surface area contributed by atoms with Crippen molar-refractivity contribution in [2.75, 3.05) is 7.11 Å². The number of ketones is 2. The van der Waals surface area contributed by atoms with Crippen molar-refractivity contribution >= 4 is 11.6 Å². The number of para-hydroxylation sites is 1. The van der Waals surface area contributed by atoms with Crippen LogP contribution in [-0.2, 0) is 0 Å². The second-order valence-electron chi connectivity index (χ2n) is 4.13. The van der Waals surface area contributed by atoms with E-state index >= 15 is 0 Å². The van der Waals surface area contributed by atoms with Crippen molar-refractivity contribution < 1.29 is 14.3 Å². The number of benzene rings is 2. The number of allylic oxidation sites excluding steroid dienone is 2. The minimum atomic E-state index is -0.258. The van der Waals surface area contributed by atoms with Gasteiger partial charge in [0.15, 0.2) is 11.6 Å². The lowest BCUT2D eigenvalue weighted by Gasteiger charge is -2.04. The predicted octanol–water partition coefficient (Wildman–Crippen LogP) is 3.32. The van der Waals surface area contributed by atoms with Gasteiger partial charge in [-0.3, -0.25) is 9.59 Å². The summed E-state index contributed by atoms with van der Waals surface area (Å²) in [5.41, 5.74) is 0.990. The minimum Gasteiger partial charge on any atom is -0.496 e. The van der Waals surface area contributed by atoms with Gasteiger partial charge in [0.2, 0.25) is 0 Å². The molecule has 0 aliphatic rings. The summed E-state index contributed by atoms with van der Waals surface area (Å²) < 4.78 is 5.12. The first-order valence-electron chi connectivity index (χ1n) is 6.17. The zero-order valence-electron chi connectivity index (χ0n) is 11.1. The molecule has 0 amide bonds. The third-order valence-corrected chi connectivity index (χ3v) is 2.82. The first-order chi connectivity index (χ1) is 9.72. The van der Waals surface area contributed by atoms with Gasteiger partial charge in [-0.05, 0) is 24.3 Å². The highest BCUT2D eigenvalue weighted by Crippen LogP contribution is 2.18. The van der Waals surface area contributed by atoms with Crippen LogP contribution in [0.2, 0.25) is 0 Å². The molecule has 0 aromatic heterocycles. The Morgan fingerprint density at radius 2 is 1.45 bits per heavy atom. The molecule has 3 nitrogen and oxygen atoms in total. The van der Waals surface area contributed by atoms with E-state index in [1.54, 1.807) is 48.5 Å². The Bertz CT molecular complexity index is 642. The lowest BCUT2D eigenvalue weighted by molar-refractivity contribution is 0.102. The maximum atomic E-state index is 12.0. The first kappa shape index (κ1) is 13.7. The Morgan fingerprint density at radius 1 is 0.850 bits per heavy atom. The molecule has 0 atom stereocenters. The SMILES string of the molecule is COc1ccccc1C(=O)C=CC(=O)c1ccccc1. The van der Waals surface area contributed by atoms with Crippen LogP contribution in [-0.4, -0.2) is 18.7 Å². The van der Waals surface area contributed by atoms with Gasteiger partial charge in [0, 0.05) is 5.56 Å². The van der Waals surface area contributed by atoms with Gasteiger partial charge in [-0.1, -0.05) is 42.5 Å². The third kappa shape index (κ3) is 3.20. The summed E-state index contributed by atoms with van der Waals surface area (Å²) in [6.07, 6.45) is 2.55. The molecule has 0 unspecified atom stereocenters. The summed E-state index contributed by atoms with van der Waals surface area (Å²) in [7, 11) is 1.50. The molecule has 0 saturated carbocycles. The van der Waals surface area contributed by atoms with E-state index in [-0.39, 0.29) is 11.6 Å². The van der Waals surface area contributed by atoms with Crippen molar-refractivity contribution in [3.63, 3.8) is 0 Å². The molecule has 0 saturated heterocycles. The van der Waals surface area contributed by atoms with Crippen molar-refractivity contribution in [3.05, 3.63) is 77.9 Å². The van der Waals surface area contributed by atoms with E-state index in [2.05, 4.69) is 0 Å². The number of ether oxygens (including phenoxy) is 1. The molecule has 2 rings (SSSR count). The van der Waals surface area contributed by atoms with Crippen molar-refractivity contribution in [2.45, 2.75) is 0 Å². The Labute approximate surface area is 117 Å². The molecule has 0 N–H and O–H groups in total. The van der Waals surface area contributed by atoms with E-state index in [4.69, 9.17) is 4.74 Å². The molecule has 0 fully saturated rings. The minimum absolute atomic E-state index is 0.200. The number of hydrogen-bond donors (Lipinski definition) is 0. The van der Waals surface area contributed by atoms with E-state index in [9.17, 15) is 9.59 Å². The second-order valence-corrected chi connectivity index (χ2v) is 4.13. The van der Waals surface area contributed by atoms with Crippen LogP contribution in [0.15, 0.2) is 66.7 Å². The van der Waals surface area contributed by atoms with Crippen molar-refractivity contribution in [3.8, 4) is 5.75 Å². The molecule has 100 valence electrons. The van der Waals surface area contributed by atoms with Gasteiger partial charge in [-0.2, -0.15) is 0 Å². The van der Waals surface area contributed by atoms with Gasteiger partial charge in [0.25, 0.3) is 0 Å². The van der Waals surface area contributed by atoms with Gasteiger partial charge in [0.05, 0.1) is 12.7 Å². The molecule has 3 heteroatoms. The van der Waals surface area contributed by atoms with Crippen molar-refractivity contribution in [2.24, 2.45) is 0 Å². The normalized spacial score (nSPS) is 10.4. The average molecular weight is 266 g/mol. The first-order valence-corrected chi connectivity index (χ1v) is 6.17. The fourth-order valence-corrected chi connectivity index (χ4v) is 1.79. The largest absolute Gasteiger partial charge is 0.496 e. The van der Waals surface area contributed by atoms with Crippen molar-refractivity contribution in [1.29, 1.82) is 0 Å². The van der Waals surface area contributed by atoms with Crippen LogP contribution < -0.4 is 4.74 Å². The number of carbonyl (C=O) groups excluding carboxylic acids is 2. The summed E-state index contributed by atoms with van der Waals surface area (Å²) in [5.74, 6) is 0.0369. The number of rotatable bonds is 5. The highest BCUT2D eigenvalue weighted by molar-refractivity contribution is 6.12. The lowest BCUT2D eigenvalue weighted by atomic mass is 10.1. The fourth-order valence-electron chi connectivity index (χ4n) is 1.79. The molecule has 2 aromatic carbocycles. The Hall–Kier alpha value is -2.68. The summed E-state index contributed by atoms with van der Waals surface area (Å²) >= 11 is 0. The van der Waals surface area contributed by atoms with Crippen LogP contribution in [0.3, 0.4) is 0 Å². The Balaban J connectivity index is 2.15. The Morgan fingerprint density at radius 3 is 2.15 bits per heavy atom. The standard InChI is InChI=1S/C17H14O3/c1-20-17-10-6-5-9-14(17)16(19)12-11-15(18)13-7-3-2-4-8-13/h2-12H,1H3. The van der Waals surface area contributed by atoms with Crippen LogP contribution in [0.5, 0.6) is 5.75 Å². The maximum Gasteiger partial charge on any atom is 0.189 e. The molecule has 0 bridgehead atoms. The average Bonchev–Trinajstić information content (AvgIpc) is 2.53. The van der Waals surface area contributed by atoms with Crippen LogP contribution in [0.1, 0.15) is 20.7 Å². The van der Waals surface area contributed by atoms with Crippen LogP contribution in [0.4, 0.5) is 0 Å². The van der Waals surface area contributed by atoms with Gasteiger partial charge >= 0.3 is 0 Å². The summed E-state index contributed by atoms with van der Waals surface area (Å²) in [5, 5.41) is 0. The quantitative estimate of drug-likeness (QED) is 0.616.